The van der Waals surface area contributed by atoms with E-state index in [2.05, 4.69) is 17.3 Å². The number of rotatable bonds is 6. The Bertz CT molecular complexity index is 619. The van der Waals surface area contributed by atoms with Gasteiger partial charge in [0.15, 0.2) is 6.61 Å². The summed E-state index contributed by atoms with van der Waals surface area (Å²) >= 11 is 0. The Morgan fingerprint density at radius 1 is 1.43 bits per heavy atom. The second-order valence-electron chi connectivity index (χ2n) is 4.99. The first-order chi connectivity index (χ1) is 9.95. The number of aromatic nitrogens is 2. The summed E-state index contributed by atoms with van der Waals surface area (Å²) in [6.07, 6.45) is 2.01. The molecule has 0 aliphatic rings. The zero-order valence-corrected chi connectivity index (χ0v) is 12.5. The van der Waals surface area contributed by atoms with Crippen LogP contribution in [0.4, 0.5) is 5.69 Å². The highest BCUT2D eigenvalue weighted by molar-refractivity contribution is 5.75. The van der Waals surface area contributed by atoms with Crippen molar-refractivity contribution in [3.8, 4) is 5.75 Å². The molecular weight excluding hydrogens is 268 g/mol. The van der Waals surface area contributed by atoms with E-state index in [1.165, 1.54) is 0 Å². The molecule has 2 aromatic rings. The maximum absolute atomic E-state index is 10.7. The van der Waals surface area contributed by atoms with E-state index in [4.69, 9.17) is 10.5 Å². The average molecular weight is 288 g/mol. The molecule has 1 aromatic carbocycles. The quantitative estimate of drug-likeness (QED) is 0.848. The van der Waals surface area contributed by atoms with E-state index in [1.54, 1.807) is 12.1 Å². The van der Waals surface area contributed by atoms with Gasteiger partial charge in [0, 0.05) is 24.5 Å². The number of nitrogens with two attached hydrogens (primary N) is 1. The van der Waals surface area contributed by atoms with Crippen molar-refractivity contribution in [3.63, 3.8) is 0 Å². The first kappa shape index (κ1) is 14.9. The van der Waals surface area contributed by atoms with Crippen LogP contribution in [-0.2, 0) is 11.8 Å². The van der Waals surface area contributed by atoms with E-state index in [0.717, 1.165) is 16.9 Å². The molecule has 0 radical (unpaired) electrons. The number of carbonyl (C=O) groups excluding carboxylic acids is 1. The molecular formula is C15H20N4O2. The van der Waals surface area contributed by atoms with E-state index < -0.39 is 5.91 Å². The summed E-state index contributed by atoms with van der Waals surface area (Å²) in [4.78, 5) is 10.7. The Labute approximate surface area is 123 Å². The molecule has 0 spiro atoms. The highest BCUT2D eigenvalue weighted by atomic mass is 16.5. The number of hydrogen-bond donors (Lipinski definition) is 2. The molecule has 21 heavy (non-hydrogen) atoms. The van der Waals surface area contributed by atoms with Crippen molar-refractivity contribution in [2.75, 3.05) is 11.9 Å². The van der Waals surface area contributed by atoms with Crippen molar-refractivity contribution >= 4 is 11.6 Å². The lowest BCUT2D eigenvalue weighted by Gasteiger charge is -2.15. The van der Waals surface area contributed by atoms with Crippen LogP contribution in [-0.4, -0.2) is 22.3 Å². The van der Waals surface area contributed by atoms with Crippen molar-refractivity contribution in [2.45, 2.75) is 19.9 Å². The van der Waals surface area contributed by atoms with Crippen LogP contribution in [0.15, 0.2) is 30.5 Å². The molecule has 0 aliphatic heterocycles. The summed E-state index contributed by atoms with van der Waals surface area (Å²) < 4.78 is 7.03. The number of aryl methyl sites for hydroxylation is 2. The van der Waals surface area contributed by atoms with E-state index >= 15 is 0 Å². The molecule has 2 rings (SSSR count). The molecule has 1 aromatic heterocycles. The number of anilines is 1. The van der Waals surface area contributed by atoms with Gasteiger partial charge in [0.25, 0.3) is 5.91 Å². The molecule has 0 saturated heterocycles. The number of ether oxygens (including phenoxy) is 1. The first-order valence-corrected chi connectivity index (χ1v) is 6.73. The van der Waals surface area contributed by atoms with Gasteiger partial charge in [-0.25, -0.2) is 0 Å². The number of nitrogens with zero attached hydrogens (tertiary/aromatic N) is 2. The number of nitrogens with one attached hydrogen (secondary N) is 1. The topological polar surface area (TPSA) is 82.2 Å². The average Bonchev–Trinajstić information content (AvgIpc) is 2.77. The maximum atomic E-state index is 10.7. The SMILES string of the molecule is Cc1nn(C)cc1C(C)Nc1ccc(OCC(N)=O)cc1. The van der Waals surface area contributed by atoms with Crippen LogP contribution in [0.25, 0.3) is 0 Å². The number of primary amides is 1. The summed E-state index contributed by atoms with van der Waals surface area (Å²) in [5, 5.41) is 7.75. The fourth-order valence-corrected chi connectivity index (χ4v) is 2.17. The van der Waals surface area contributed by atoms with E-state index in [1.807, 2.05) is 37.0 Å². The monoisotopic (exact) mass is 288 g/mol. The smallest absolute Gasteiger partial charge is 0.255 e. The van der Waals surface area contributed by atoms with E-state index in [9.17, 15) is 4.79 Å². The van der Waals surface area contributed by atoms with Gasteiger partial charge in [0.05, 0.1) is 11.7 Å². The molecule has 1 unspecified atom stereocenters. The van der Waals surface area contributed by atoms with Gasteiger partial charge in [-0.15, -0.1) is 0 Å². The third kappa shape index (κ3) is 3.98. The minimum atomic E-state index is -0.488. The van der Waals surface area contributed by atoms with Crippen LogP contribution in [0.5, 0.6) is 5.75 Å². The molecule has 0 saturated carbocycles. The van der Waals surface area contributed by atoms with Crippen molar-refractivity contribution in [3.05, 3.63) is 41.7 Å². The molecule has 112 valence electrons. The van der Waals surface area contributed by atoms with E-state index in [0.29, 0.717) is 5.75 Å². The second kappa shape index (κ2) is 6.30. The molecule has 0 bridgehead atoms. The van der Waals surface area contributed by atoms with Gasteiger partial charge in [-0.1, -0.05) is 0 Å². The molecule has 1 heterocycles. The van der Waals surface area contributed by atoms with Gasteiger partial charge in [-0.05, 0) is 38.1 Å². The molecule has 0 aliphatic carbocycles. The fraction of sp³-hybridized carbons (Fsp3) is 0.333. The second-order valence-corrected chi connectivity index (χ2v) is 4.99. The number of hydrogen-bond acceptors (Lipinski definition) is 4. The number of carbonyl (C=O) groups is 1. The number of amides is 1. The standard InChI is InChI=1S/C15H20N4O2/c1-10(14-8-19(3)18-11(14)2)17-12-4-6-13(7-5-12)21-9-15(16)20/h4-8,10,17H,9H2,1-3H3,(H2,16,20). The fourth-order valence-electron chi connectivity index (χ4n) is 2.17. The van der Waals surface area contributed by atoms with Crippen molar-refractivity contribution in [1.82, 2.24) is 9.78 Å². The molecule has 6 heteroatoms. The van der Waals surface area contributed by atoms with Gasteiger partial charge in [0.2, 0.25) is 0 Å². The summed E-state index contributed by atoms with van der Waals surface area (Å²) in [5.74, 6) is 0.127. The van der Waals surface area contributed by atoms with Gasteiger partial charge in [0.1, 0.15) is 5.75 Å². The maximum Gasteiger partial charge on any atom is 0.255 e. The summed E-state index contributed by atoms with van der Waals surface area (Å²) in [6.45, 7) is 3.97. The first-order valence-electron chi connectivity index (χ1n) is 6.73. The third-order valence-corrected chi connectivity index (χ3v) is 3.14. The molecule has 6 nitrogen and oxygen atoms in total. The predicted octanol–water partition coefficient (Wildman–Crippen LogP) is 1.77. The van der Waals surface area contributed by atoms with Crippen molar-refractivity contribution in [1.29, 1.82) is 0 Å². The Hall–Kier alpha value is -2.50. The van der Waals surface area contributed by atoms with Gasteiger partial charge < -0.3 is 15.8 Å². The number of benzene rings is 1. The van der Waals surface area contributed by atoms with Gasteiger partial charge in [-0.3, -0.25) is 9.48 Å². The molecule has 0 fully saturated rings. The highest BCUT2D eigenvalue weighted by Gasteiger charge is 2.11. The van der Waals surface area contributed by atoms with Crippen LogP contribution in [0, 0.1) is 6.92 Å². The molecule has 1 amide bonds. The third-order valence-electron chi connectivity index (χ3n) is 3.14. The zero-order chi connectivity index (χ0) is 15.4. The summed E-state index contributed by atoms with van der Waals surface area (Å²) in [5.41, 5.74) is 8.17. The van der Waals surface area contributed by atoms with Gasteiger partial charge >= 0.3 is 0 Å². The van der Waals surface area contributed by atoms with Gasteiger partial charge in [-0.2, -0.15) is 5.10 Å². The Morgan fingerprint density at radius 3 is 2.62 bits per heavy atom. The lowest BCUT2D eigenvalue weighted by Crippen LogP contribution is -2.19. The normalized spacial score (nSPS) is 12.0. The minimum Gasteiger partial charge on any atom is -0.484 e. The van der Waals surface area contributed by atoms with E-state index in [-0.39, 0.29) is 12.6 Å². The highest BCUT2D eigenvalue weighted by Crippen LogP contribution is 2.23. The zero-order valence-electron chi connectivity index (χ0n) is 12.5. The largest absolute Gasteiger partial charge is 0.484 e. The summed E-state index contributed by atoms with van der Waals surface area (Å²) in [6, 6.07) is 7.55. The Kier molecular flexibility index (Phi) is 4.47. The van der Waals surface area contributed by atoms with Crippen LogP contribution in [0.3, 0.4) is 0 Å². The predicted molar refractivity (Wildman–Crippen MR) is 81.1 cm³/mol. The van der Waals surface area contributed by atoms with Crippen LogP contribution >= 0.6 is 0 Å². The lowest BCUT2D eigenvalue weighted by molar-refractivity contribution is -0.119. The van der Waals surface area contributed by atoms with Crippen LogP contribution in [0.1, 0.15) is 24.2 Å². The summed E-state index contributed by atoms with van der Waals surface area (Å²) in [7, 11) is 1.91. The molecule has 1 atom stereocenters. The Morgan fingerprint density at radius 2 is 2.10 bits per heavy atom. The molecule has 3 N–H and O–H groups in total. The minimum absolute atomic E-state index is 0.113. The van der Waals surface area contributed by atoms with Crippen LogP contribution < -0.4 is 15.8 Å². The van der Waals surface area contributed by atoms with Crippen molar-refractivity contribution < 1.29 is 9.53 Å². The van der Waals surface area contributed by atoms with Crippen LogP contribution in [0.2, 0.25) is 0 Å². The Balaban J connectivity index is 1.99. The van der Waals surface area contributed by atoms with Crippen molar-refractivity contribution in [2.24, 2.45) is 12.8 Å². The lowest BCUT2D eigenvalue weighted by atomic mass is 10.1.